The fourth-order valence-corrected chi connectivity index (χ4v) is 1.35. The number of hydrogen-bond donors (Lipinski definition) is 1. The number of halogens is 1. The van der Waals surface area contributed by atoms with E-state index in [2.05, 4.69) is 26.2 Å². The third-order valence-electron chi connectivity index (χ3n) is 1.77. The molecule has 0 bridgehead atoms. The summed E-state index contributed by atoms with van der Waals surface area (Å²) in [5.41, 5.74) is 1.04. The Hall–Kier alpha value is -1.35. The summed E-state index contributed by atoms with van der Waals surface area (Å²) in [5, 5.41) is 3.20. The lowest BCUT2D eigenvalue weighted by Crippen LogP contribution is -1.91. The van der Waals surface area contributed by atoms with Crippen molar-refractivity contribution in [1.29, 1.82) is 0 Å². The molecule has 0 aliphatic carbocycles. The highest BCUT2D eigenvalue weighted by atomic mass is 79.9. The van der Waals surface area contributed by atoms with Gasteiger partial charge in [0.2, 0.25) is 0 Å². The summed E-state index contributed by atoms with van der Waals surface area (Å²) in [6.07, 6.45) is 1.77. The number of pyridine rings is 1. The average molecular weight is 249 g/mol. The van der Waals surface area contributed by atoms with E-state index in [1.807, 2.05) is 42.5 Å². The Morgan fingerprint density at radius 1 is 1.00 bits per heavy atom. The van der Waals surface area contributed by atoms with Crippen molar-refractivity contribution >= 4 is 27.4 Å². The minimum Gasteiger partial charge on any atom is -0.340 e. The number of nitrogens with zero attached hydrogens (tertiary/aromatic N) is 1. The number of benzene rings is 1. The molecule has 14 heavy (non-hydrogen) atoms. The van der Waals surface area contributed by atoms with Crippen LogP contribution in [0.4, 0.5) is 11.5 Å². The van der Waals surface area contributed by atoms with Crippen LogP contribution in [0.3, 0.4) is 0 Å². The predicted molar refractivity (Wildman–Crippen MR) is 61.7 cm³/mol. The van der Waals surface area contributed by atoms with Crippen LogP contribution in [-0.4, -0.2) is 4.98 Å². The first kappa shape index (κ1) is 9.21. The van der Waals surface area contributed by atoms with Gasteiger partial charge in [0.1, 0.15) is 5.82 Å². The zero-order valence-electron chi connectivity index (χ0n) is 7.44. The SMILES string of the molecule is Brc1ccc(Nc2ccccc2)nc1. The molecule has 1 N–H and O–H groups in total. The second-order valence-electron chi connectivity index (χ2n) is 2.85. The highest BCUT2D eigenvalue weighted by molar-refractivity contribution is 9.10. The fourth-order valence-electron chi connectivity index (χ4n) is 1.12. The second kappa shape index (κ2) is 4.24. The standard InChI is InChI=1S/C11H9BrN2/c12-9-6-7-11(13-8-9)14-10-4-2-1-3-5-10/h1-8H,(H,13,14). The molecule has 0 unspecified atom stereocenters. The van der Waals surface area contributed by atoms with Crippen LogP contribution in [0.1, 0.15) is 0 Å². The summed E-state index contributed by atoms with van der Waals surface area (Å²) in [7, 11) is 0. The van der Waals surface area contributed by atoms with Crippen LogP contribution in [0.5, 0.6) is 0 Å². The molecular formula is C11H9BrN2. The maximum absolute atomic E-state index is 4.22. The predicted octanol–water partition coefficient (Wildman–Crippen LogP) is 3.59. The molecule has 2 aromatic rings. The zero-order chi connectivity index (χ0) is 9.80. The van der Waals surface area contributed by atoms with Crippen LogP contribution in [0, 0.1) is 0 Å². The van der Waals surface area contributed by atoms with E-state index in [1.54, 1.807) is 6.20 Å². The van der Waals surface area contributed by atoms with E-state index in [4.69, 9.17) is 0 Å². The van der Waals surface area contributed by atoms with Gasteiger partial charge in [0.05, 0.1) is 0 Å². The molecule has 0 radical (unpaired) electrons. The van der Waals surface area contributed by atoms with Gasteiger partial charge in [-0.15, -0.1) is 0 Å². The van der Waals surface area contributed by atoms with E-state index >= 15 is 0 Å². The van der Waals surface area contributed by atoms with E-state index in [0.717, 1.165) is 16.0 Å². The van der Waals surface area contributed by atoms with Gasteiger partial charge in [0, 0.05) is 16.4 Å². The van der Waals surface area contributed by atoms with Crippen molar-refractivity contribution in [3.05, 3.63) is 53.1 Å². The lowest BCUT2D eigenvalue weighted by atomic mass is 10.3. The lowest BCUT2D eigenvalue weighted by molar-refractivity contribution is 1.29. The largest absolute Gasteiger partial charge is 0.340 e. The third-order valence-corrected chi connectivity index (χ3v) is 2.24. The van der Waals surface area contributed by atoms with Crippen LogP contribution < -0.4 is 5.32 Å². The van der Waals surface area contributed by atoms with Gasteiger partial charge in [0.25, 0.3) is 0 Å². The molecule has 1 heterocycles. The van der Waals surface area contributed by atoms with Crippen molar-refractivity contribution in [2.24, 2.45) is 0 Å². The Labute approximate surface area is 91.1 Å². The molecule has 0 atom stereocenters. The quantitative estimate of drug-likeness (QED) is 0.879. The molecule has 1 aromatic carbocycles. The van der Waals surface area contributed by atoms with Crippen LogP contribution in [0.15, 0.2) is 53.1 Å². The van der Waals surface area contributed by atoms with Gasteiger partial charge in [-0.3, -0.25) is 0 Å². The Bertz CT molecular complexity index is 397. The first-order valence-corrected chi connectivity index (χ1v) is 5.07. The van der Waals surface area contributed by atoms with Gasteiger partial charge in [-0.05, 0) is 40.2 Å². The van der Waals surface area contributed by atoms with E-state index in [-0.39, 0.29) is 0 Å². The summed E-state index contributed by atoms with van der Waals surface area (Å²) < 4.78 is 0.983. The van der Waals surface area contributed by atoms with Gasteiger partial charge in [-0.2, -0.15) is 0 Å². The Morgan fingerprint density at radius 3 is 2.43 bits per heavy atom. The number of aromatic nitrogens is 1. The molecule has 1 aromatic heterocycles. The average Bonchev–Trinajstić information content (AvgIpc) is 2.23. The number of rotatable bonds is 2. The minimum atomic E-state index is 0.847. The number of anilines is 2. The van der Waals surface area contributed by atoms with E-state index in [0.29, 0.717) is 0 Å². The van der Waals surface area contributed by atoms with E-state index < -0.39 is 0 Å². The third kappa shape index (κ3) is 2.33. The van der Waals surface area contributed by atoms with Crippen LogP contribution in [-0.2, 0) is 0 Å². The molecule has 2 rings (SSSR count). The molecule has 0 amide bonds. The Balaban J connectivity index is 2.16. The van der Waals surface area contributed by atoms with Gasteiger partial charge in [-0.25, -0.2) is 4.98 Å². The molecule has 0 saturated heterocycles. The number of para-hydroxylation sites is 1. The van der Waals surface area contributed by atoms with Crippen molar-refractivity contribution in [3.63, 3.8) is 0 Å². The van der Waals surface area contributed by atoms with Crippen LogP contribution in [0.25, 0.3) is 0 Å². The molecule has 3 heteroatoms. The maximum Gasteiger partial charge on any atom is 0.130 e. The van der Waals surface area contributed by atoms with E-state index in [9.17, 15) is 0 Å². The lowest BCUT2D eigenvalue weighted by Gasteiger charge is -2.04. The van der Waals surface area contributed by atoms with Crippen molar-refractivity contribution in [2.75, 3.05) is 5.32 Å². The molecule has 0 aliphatic heterocycles. The smallest absolute Gasteiger partial charge is 0.130 e. The van der Waals surface area contributed by atoms with Gasteiger partial charge < -0.3 is 5.32 Å². The Kier molecular flexibility index (Phi) is 2.79. The van der Waals surface area contributed by atoms with Crippen molar-refractivity contribution in [1.82, 2.24) is 4.98 Å². The number of nitrogens with one attached hydrogen (secondary N) is 1. The number of hydrogen-bond acceptors (Lipinski definition) is 2. The van der Waals surface area contributed by atoms with Gasteiger partial charge in [0.15, 0.2) is 0 Å². The van der Waals surface area contributed by atoms with Crippen molar-refractivity contribution in [2.45, 2.75) is 0 Å². The first-order valence-electron chi connectivity index (χ1n) is 4.28. The summed E-state index contributed by atoms with van der Waals surface area (Å²) in [4.78, 5) is 4.22. The molecule has 70 valence electrons. The van der Waals surface area contributed by atoms with Crippen molar-refractivity contribution in [3.8, 4) is 0 Å². The second-order valence-corrected chi connectivity index (χ2v) is 3.77. The van der Waals surface area contributed by atoms with E-state index in [1.165, 1.54) is 0 Å². The molecule has 0 fully saturated rings. The topological polar surface area (TPSA) is 24.9 Å². The first-order chi connectivity index (χ1) is 6.84. The summed E-state index contributed by atoms with van der Waals surface area (Å²) in [5.74, 6) is 0.847. The minimum absolute atomic E-state index is 0.847. The summed E-state index contributed by atoms with van der Waals surface area (Å²) in [6.45, 7) is 0. The molecule has 0 spiro atoms. The normalized spacial score (nSPS) is 9.79. The molecular weight excluding hydrogens is 240 g/mol. The highest BCUT2D eigenvalue weighted by Crippen LogP contribution is 2.15. The Morgan fingerprint density at radius 2 is 1.79 bits per heavy atom. The maximum atomic E-state index is 4.22. The van der Waals surface area contributed by atoms with Crippen LogP contribution in [0.2, 0.25) is 0 Å². The zero-order valence-corrected chi connectivity index (χ0v) is 9.03. The summed E-state index contributed by atoms with van der Waals surface area (Å²) >= 11 is 3.34. The molecule has 0 saturated carbocycles. The summed E-state index contributed by atoms with van der Waals surface area (Å²) in [6, 6.07) is 13.9. The van der Waals surface area contributed by atoms with Crippen LogP contribution >= 0.6 is 15.9 Å². The van der Waals surface area contributed by atoms with Crippen molar-refractivity contribution < 1.29 is 0 Å². The monoisotopic (exact) mass is 248 g/mol. The highest BCUT2D eigenvalue weighted by Gasteiger charge is 1.93. The molecule has 2 nitrogen and oxygen atoms in total. The van der Waals surface area contributed by atoms with Gasteiger partial charge in [-0.1, -0.05) is 18.2 Å². The van der Waals surface area contributed by atoms with Gasteiger partial charge >= 0.3 is 0 Å². The molecule has 0 aliphatic rings. The fraction of sp³-hybridized carbons (Fsp3) is 0.